The lowest BCUT2D eigenvalue weighted by molar-refractivity contribution is 0.0554. The van der Waals surface area contributed by atoms with E-state index in [9.17, 15) is 10.2 Å². The smallest absolute Gasteiger partial charge is 0.0549 e. The summed E-state index contributed by atoms with van der Waals surface area (Å²) in [6, 6.07) is 0. The molecule has 0 spiro atoms. The quantitative estimate of drug-likeness (QED) is 0.492. The first kappa shape index (κ1) is 16.5. The van der Waals surface area contributed by atoms with E-state index < -0.39 is 0 Å². The predicted octanol–water partition coefficient (Wildman–Crippen LogP) is 3.84. The maximum absolute atomic E-state index is 10.1. The lowest BCUT2D eigenvalue weighted by atomic mass is 9.81. The number of rotatable bonds is 9. The van der Waals surface area contributed by atoms with Crippen LogP contribution < -0.4 is 0 Å². The van der Waals surface area contributed by atoms with Crippen LogP contribution in [0.2, 0.25) is 0 Å². The Morgan fingerprint density at radius 1 is 1.11 bits per heavy atom. The fourth-order valence-electron chi connectivity index (χ4n) is 2.81. The molecule has 0 aromatic carbocycles. The first-order chi connectivity index (χ1) is 9.15. The van der Waals surface area contributed by atoms with Gasteiger partial charge in [-0.05, 0) is 32.1 Å². The fourth-order valence-corrected chi connectivity index (χ4v) is 2.81. The molecular weight excluding hydrogens is 236 g/mol. The normalized spacial score (nSPS) is 20.4. The molecule has 0 saturated carbocycles. The van der Waals surface area contributed by atoms with Gasteiger partial charge in [-0.1, -0.05) is 56.9 Å². The Bertz CT molecular complexity index is 269. The number of hydrogen-bond donors (Lipinski definition) is 2. The topological polar surface area (TPSA) is 40.5 Å². The van der Waals surface area contributed by atoms with Crippen molar-refractivity contribution in [3.8, 4) is 0 Å². The third-order valence-electron chi connectivity index (χ3n) is 4.04. The minimum absolute atomic E-state index is 0.133. The molecule has 2 heteroatoms. The second-order valence-electron chi connectivity index (χ2n) is 5.81. The van der Waals surface area contributed by atoms with Gasteiger partial charge in [-0.2, -0.15) is 0 Å². The molecule has 19 heavy (non-hydrogen) atoms. The summed E-state index contributed by atoms with van der Waals surface area (Å²) in [5, 5.41) is 20.1. The summed E-state index contributed by atoms with van der Waals surface area (Å²) in [7, 11) is 0. The maximum atomic E-state index is 10.1. The van der Waals surface area contributed by atoms with Crippen molar-refractivity contribution >= 4 is 0 Å². The van der Waals surface area contributed by atoms with Gasteiger partial charge in [0.2, 0.25) is 0 Å². The van der Waals surface area contributed by atoms with Gasteiger partial charge in [0, 0.05) is 5.92 Å². The van der Waals surface area contributed by atoms with E-state index in [1.165, 1.54) is 19.3 Å². The van der Waals surface area contributed by atoms with Crippen molar-refractivity contribution in [3.63, 3.8) is 0 Å². The van der Waals surface area contributed by atoms with Gasteiger partial charge >= 0.3 is 0 Å². The molecule has 0 saturated heterocycles. The van der Waals surface area contributed by atoms with Crippen molar-refractivity contribution in [1.82, 2.24) is 0 Å². The van der Waals surface area contributed by atoms with Gasteiger partial charge in [-0.25, -0.2) is 0 Å². The van der Waals surface area contributed by atoms with Gasteiger partial charge in [0.25, 0.3) is 0 Å². The maximum Gasteiger partial charge on any atom is 0.0549 e. The van der Waals surface area contributed by atoms with E-state index in [-0.39, 0.29) is 24.0 Å². The van der Waals surface area contributed by atoms with Crippen molar-refractivity contribution < 1.29 is 10.2 Å². The van der Waals surface area contributed by atoms with Crippen LogP contribution >= 0.6 is 0 Å². The Balaban J connectivity index is 2.38. The van der Waals surface area contributed by atoms with Gasteiger partial charge < -0.3 is 10.2 Å². The van der Waals surface area contributed by atoms with Crippen LogP contribution in [-0.4, -0.2) is 22.4 Å². The molecule has 1 aliphatic carbocycles. The summed E-state index contributed by atoms with van der Waals surface area (Å²) >= 11 is 0. The second kappa shape index (κ2) is 9.33. The molecule has 0 aromatic rings. The van der Waals surface area contributed by atoms with Crippen LogP contribution in [0.3, 0.4) is 0 Å². The molecule has 1 aliphatic rings. The molecule has 0 fully saturated rings. The fraction of sp³-hybridized carbons (Fsp3) is 0.765. The van der Waals surface area contributed by atoms with Crippen molar-refractivity contribution in [2.75, 3.05) is 0 Å². The highest BCUT2D eigenvalue weighted by molar-refractivity contribution is 5.11. The van der Waals surface area contributed by atoms with Crippen LogP contribution in [0.15, 0.2) is 24.3 Å². The summed E-state index contributed by atoms with van der Waals surface area (Å²) in [5.74, 6) is 0.410. The van der Waals surface area contributed by atoms with Gasteiger partial charge in [0.15, 0.2) is 0 Å². The third kappa shape index (κ3) is 6.40. The molecule has 2 nitrogen and oxygen atoms in total. The molecule has 0 amide bonds. The molecule has 0 bridgehead atoms. The van der Waals surface area contributed by atoms with Crippen molar-refractivity contribution in [2.45, 2.75) is 71.0 Å². The van der Waals surface area contributed by atoms with Crippen molar-refractivity contribution in [2.24, 2.45) is 11.8 Å². The summed E-state index contributed by atoms with van der Waals surface area (Å²) in [5.41, 5.74) is 0. The lowest BCUT2D eigenvalue weighted by Crippen LogP contribution is -2.28. The van der Waals surface area contributed by atoms with E-state index in [1.807, 2.05) is 6.92 Å². The number of aliphatic hydroxyl groups excluding tert-OH is 2. The number of hydrogen-bond acceptors (Lipinski definition) is 2. The minimum Gasteiger partial charge on any atom is -0.393 e. The molecule has 0 heterocycles. The first-order valence-corrected chi connectivity index (χ1v) is 7.84. The number of allylic oxidation sites excluding steroid dienone is 4. The zero-order valence-corrected chi connectivity index (χ0v) is 12.5. The number of unbranched alkanes of at least 4 members (excludes halogenated alkanes) is 3. The largest absolute Gasteiger partial charge is 0.393 e. The summed E-state index contributed by atoms with van der Waals surface area (Å²) in [6.07, 6.45) is 15.3. The number of aliphatic hydroxyl groups is 2. The van der Waals surface area contributed by atoms with E-state index >= 15 is 0 Å². The van der Waals surface area contributed by atoms with E-state index in [0.29, 0.717) is 6.42 Å². The molecule has 0 aromatic heterocycles. The SMILES string of the molecule is CCCCCCC(O)CC(C(C)O)C1C=CCC=C1. The minimum atomic E-state index is -0.373. The molecule has 0 aliphatic heterocycles. The Hall–Kier alpha value is -0.600. The van der Waals surface area contributed by atoms with Crippen LogP contribution in [0.1, 0.15) is 58.8 Å². The van der Waals surface area contributed by atoms with Gasteiger partial charge in [0.05, 0.1) is 12.2 Å². The Morgan fingerprint density at radius 2 is 1.79 bits per heavy atom. The standard InChI is InChI=1S/C17H30O2/c1-3-4-5-9-12-16(19)13-17(14(2)18)15-10-7-6-8-11-15/h7-8,10-11,14-19H,3-6,9,12-13H2,1-2H3. The van der Waals surface area contributed by atoms with Gasteiger partial charge in [0.1, 0.15) is 0 Å². The van der Waals surface area contributed by atoms with E-state index in [0.717, 1.165) is 19.3 Å². The van der Waals surface area contributed by atoms with E-state index in [1.54, 1.807) is 0 Å². The Labute approximate surface area is 118 Å². The van der Waals surface area contributed by atoms with Crippen molar-refractivity contribution in [3.05, 3.63) is 24.3 Å². The average molecular weight is 266 g/mol. The molecule has 1 rings (SSSR count). The molecular formula is C17H30O2. The molecule has 110 valence electrons. The summed E-state index contributed by atoms with van der Waals surface area (Å²) in [4.78, 5) is 0. The zero-order chi connectivity index (χ0) is 14.1. The van der Waals surface area contributed by atoms with Crippen LogP contribution in [0.4, 0.5) is 0 Å². The first-order valence-electron chi connectivity index (χ1n) is 7.84. The molecule has 3 unspecified atom stereocenters. The molecule has 2 N–H and O–H groups in total. The zero-order valence-electron chi connectivity index (χ0n) is 12.5. The monoisotopic (exact) mass is 266 g/mol. The highest BCUT2D eigenvalue weighted by Crippen LogP contribution is 2.28. The van der Waals surface area contributed by atoms with Crippen LogP contribution in [0, 0.1) is 11.8 Å². The van der Waals surface area contributed by atoms with Crippen LogP contribution in [-0.2, 0) is 0 Å². The predicted molar refractivity (Wildman–Crippen MR) is 80.9 cm³/mol. The molecule has 3 atom stereocenters. The summed E-state index contributed by atoms with van der Waals surface area (Å²) < 4.78 is 0. The highest BCUT2D eigenvalue weighted by atomic mass is 16.3. The van der Waals surface area contributed by atoms with Gasteiger partial charge in [-0.15, -0.1) is 0 Å². The lowest BCUT2D eigenvalue weighted by Gasteiger charge is -2.28. The van der Waals surface area contributed by atoms with E-state index in [2.05, 4.69) is 31.2 Å². The average Bonchev–Trinajstić information content (AvgIpc) is 2.41. The van der Waals surface area contributed by atoms with E-state index in [4.69, 9.17) is 0 Å². The van der Waals surface area contributed by atoms with Gasteiger partial charge in [-0.3, -0.25) is 0 Å². The van der Waals surface area contributed by atoms with Crippen LogP contribution in [0.5, 0.6) is 0 Å². The van der Waals surface area contributed by atoms with Crippen molar-refractivity contribution in [1.29, 1.82) is 0 Å². The highest BCUT2D eigenvalue weighted by Gasteiger charge is 2.25. The molecule has 0 radical (unpaired) electrons. The summed E-state index contributed by atoms with van der Waals surface area (Å²) in [6.45, 7) is 4.03. The van der Waals surface area contributed by atoms with Crippen LogP contribution in [0.25, 0.3) is 0 Å². The second-order valence-corrected chi connectivity index (χ2v) is 5.81. The Kier molecular flexibility index (Phi) is 8.08. The Morgan fingerprint density at radius 3 is 2.37 bits per heavy atom. The third-order valence-corrected chi connectivity index (χ3v) is 4.04.